The van der Waals surface area contributed by atoms with E-state index < -0.39 is 0 Å². The first kappa shape index (κ1) is 14.2. The molecule has 1 atom stereocenters. The Labute approximate surface area is 83.9 Å². The van der Waals surface area contributed by atoms with Gasteiger partial charge in [-0.25, -0.2) is 0 Å². The zero-order chi connectivity index (χ0) is 7.82. The van der Waals surface area contributed by atoms with E-state index in [9.17, 15) is 0 Å². The van der Waals surface area contributed by atoms with Crippen LogP contribution in [0.15, 0.2) is 0 Å². The molecule has 0 aliphatic rings. The van der Waals surface area contributed by atoms with Gasteiger partial charge in [-0.1, -0.05) is 19.8 Å². The zero-order valence-corrected chi connectivity index (χ0v) is 8.78. The minimum atomic E-state index is 0. The van der Waals surface area contributed by atoms with Crippen molar-refractivity contribution in [3.8, 4) is 0 Å². The van der Waals surface area contributed by atoms with Crippen LogP contribution < -0.4 is 0 Å². The molecule has 11 heavy (non-hydrogen) atoms. The molecule has 0 aromatic rings. The monoisotopic (exact) mass is 194 g/mol. The maximum Gasteiger partial charge on any atom is 0.0459 e. The summed E-state index contributed by atoms with van der Waals surface area (Å²) < 4.78 is 0. The third-order valence-electron chi connectivity index (χ3n) is 1.86. The number of hydrogen-bond acceptors (Lipinski definition) is 2. The molecule has 66 valence electrons. The van der Waals surface area contributed by atoms with E-state index >= 15 is 0 Å². The van der Waals surface area contributed by atoms with Gasteiger partial charge in [0.15, 0.2) is 0 Å². The number of aliphatic hydroxyl groups excluding tert-OH is 2. The van der Waals surface area contributed by atoms with Crippen LogP contribution in [0.1, 0.15) is 32.6 Å². The van der Waals surface area contributed by atoms with Crippen molar-refractivity contribution in [3.05, 3.63) is 0 Å². The quantitative estimate of drug-likeness (QED) is 0.492. The molecule has 0 bridgehead atoms. The Balaban J connectivity index is 0. The molecule has 0 amide bonds. The van der Waals surface area contributed by atoms with Crippen molar-refractivity contribution in [2.75, 3.05) is 13.2 Å². The molecule has 3 heteroatoms. The second kappa shape index (κ2) is 10.6. The summed E-state index contributed by atoms with van der Waals surface area (Å²) in [6, 6.07) is 0. The first-order chi connectivity index (χ1) is 4.85. The fourth-order valence-corrected chi connectivity index (χ4v) is 0.969. The van der Waals surface area contributed by atoms with E-state index in [1.807, 2.05) is 0 Å². The SMILES string of the molecule is CCC(CO)CCCCO.[Ti]. The van der Waals surface area contributed by atoms with E-state index in [-0.39, 0.29) is 28.3 Å². The van der Waals surface area contributed by atoms with Gasteiger partial charge in [-0.2, -0.15) is 0 Å². The van der Waals surface area contributed by atoms with Crippen LogP contribution in [0, 0.1) is 5.92 Å². The number of hydrogen-bond donors (Lipinski definition) is 2. The van der Waals surface area contributed by atoms with Crippen LogP contribution in [0.2, 0.25) is 0 Å². The maximum atomic E-state index is 8.76. The van der Waals surface area contributed by atoms with Gasteiger partial charge in [0.2, 0.25) is 0 Å². The average molecular weight is 194 g/mol. The molecule has 2 nitrogen and oxygen atoms in total. The van der Waals surface area contributed by atoms with Crippen LogP contribution in [0.4, 0.5) is 0 Å². The summed E-state index contributed by atoms with van der Waals surface area (Å²) in [6.07, 6.45) is 4.00. The first-order valence-electron chi connectivity index (χ1n) is 4.06. The molecule has 0 rings (SSSR count). The van der Waals surface area contributed by atoms with Crippen LogP contribution in [0.3, 0.4) is 0 Å². The summed E-state index contributed by atoms with van der Waals surface area (Å²) in [5.41, 5.74) is 0. The predicted octanol–water partition coefficient (Wildman–Crippen LogP) is 1.17. The van der Waals surface area contributed by atoms with E-state index in [2.05, 4.69) is 6.92 Å². The molecule has 0 aliphatic carbocycles. The number of aliphatic hydroxyl groups is 2. The minimum absolute atomic E-state index is 0. The summed E-state index contributed by atoms with van der Waals surface area (Å²) in [6.45, 7) is 2.66. The van der Waals surface area contributed by atoms with E-state index in [1.54, 1.807) is 0 Å². The normalized spacial score (nSPS) is 12.3. The second-order valence-corrected chi connectivity index (χ2v) is 2.68. The molecule has 1 unspecified atom stereocenters. The molecular weight excluding hydrogens is 176 g/mol. The van der Waals surface area contributed by atoms with Crippen molar-refractivity contribution in [2.24, 2.45) is 5.92 Å². The van der Waals surface area contributed by atoms with Crippen molar-refractivity contribution < 1.29 is 31.9 Å². The van der Waals surface area contributed by atoms with Gasteiger partial charge in [-0.15, -0.1) is 0 Å². The molecule has 0 saturated heterocycles. The average Bonchev–Trinajstić information content (AvgIpc) is 1.99. The van der Waals surface area contributed by atoms with Crippen LogP contribution in [0.25, 0.3) is 0 Å². The third kappa shape index (κ3) is 8.54. The van der Waals surface area contributed by atoms with Crippen molar-refractivity contribution in [3.63, 3.8) is 0 Å². The van der Waals surface area contributed by atoms with Gasteiger partial charge in [0.05, 0.1) is 0 Å². The van der Waals surface area contributed by atoms with E-state index in [0.717, 1.165) is 25.7 Å². The second-order valence-electron chi connectivity index (χ2n) is 2.68. The van der Waals surface area contributed by atoms with Gasteiger partial charge in [-0.05, 0) is 18.8 Å². The maximum absolute atomic E-state index is 8.76. The molecule has 0 spiro atoms. The van der Waals surface area contributed by atoms with Gasteiger partial charge in [0.1, 0.15) is 0 Å². The summed E-state index contributed by atoms with van der Waals surface area (Å²) in [5.74, 6) is 0.451. The summed E-state index contributed by atoms with van der Waals surface area (Å²) in [5, 5.41) is 17.2. The van der Waals surface area contributed by atoms with Gasteiger partial charge in [0, 0.05) is 34.9 Å². The Morgan fingerprint density at radius 1 is 1.18 bits per heavy atom. The summed E-state index contributed by atoms with van der Waals surface area (Å²) in [7, 11) is 0. The van der Waals surface area contributed by atoms with Crippen LogP contribution >= 0.6 is 0 Å². The number of unbranched alkanes of at least 4 members (excludes halogenated alkanes) is 1. The third-order valence-corrected chi connectivity index (χ3v) is 1.86. The zero-order valence-electron chi connectivity index (χ0n) is 7.21. The van der Waals surface area contributed by atoms with Crippen molar-refractivity contribution in [1.82, 2.24) is 0 Å². The Hall–Kier alpha value is 0.634. The van der Waals surface area contributed by atoms with Crippen LogP contribution in [-0.2, 0) is 21.7 Å². The smallest absolute Gasteiger partial charge is 0.0459 e. The van der Waals surface area contributed by atoms with Gasteiger partial charge >= 0.3 is 0 Å². The van der Waals surface area contributed by atoms with Crippen LogP contribution in [0.5, 0.6) is 0 Å². The predicted molar refractivity (Wildman–Crippen MR) is 41.8 cm³/mol. The van der Waals surface area contributed by atoms with Gasteiger partial charge < -0.3 is 10.2 Å². The molecule has 0 saturated carbocycles. The molecule has 2 N–H and O–H groups in total. The Kier molecular flexibility index (Phi) is 13.7. The van der Waals surface area contributed by atoms with E-state index in [1.165, 1.54) is 0 Å². The fourth-order valence-electron chi connectivity index (χ4n) is 0.969. The molecular formula is C8H18O2Ti. The molecule has 0 radical (unpaired) electrons. The van der Waals surface area contributed by atoms with Crippen LogP contribution in [-0.4, -0.2) is 23.4 Å². The van der Waals surface area contributed by atoms with Crippen molar-refractivity contribution >= 4 is 0 Å². The van der Waals surface area contributed by atoms with E-state index in [4.69, 9.17) is 10.2 Å². The van der Waals surface area contributed by atoms with Gasteiger partial charge in [0.25, 0.3) is 0 Å². The largest absolute Gasteiger partial charge is 0.396 e. The van der Waals surface area contributed by atoms with Gasteiger partial charge in [-0.3, -0.25) is 0 Å². The Morgan fingerprint density at radius 3 is 2.18 bits per heavy atom. The van der Waals surface area contributed by atoms with Crippen molar-refractivity contribution in [1.29, 1.82) is 0 Å². The first-order valence-corrected chi connectivity index (χ1v) is 4.06. The standard InChI is InChI=1S/C8H18O2.Ti/c1-2-8(7-10)5-3-4-6-9;/h8-10H,2-7H2,1H3;. The number of rotatable bonds is 6. The molecule has 0 heterocycles. The minimum Gasteiger partial charge on any atom is -0.396 e. The Bertz CT molecular complexity index is 65.1. The summed E-state index contributed by atoms with van der Waals surface area (Å²) in [4.78, 5) is 0. The molecule has 0 aliphatic heterocycles. The van der Waals surface area contributed by atoms with E-state index in [0.29, 0.717) is 12.5 Å². The molecule has 0 aromatic heterocycles. The summed E-state index contributed by atoms with van der Waals surface area (Å²) >= 11 is 0. The fraction of sp³-hybridized carbons (Fsp3) is 1.00. The topological polar surface area (TPSA) is 40.5 Å². The molecule has 0 aromatic carbocycles. The van der Waals surface area contributed by atoms with Crippen molar-refractivity contribution in [2.45, 2.75) is 32.6 Å². The molecule has 0 fully saturated rings. The Morgan fingerprint density at radius 2 is 1.82 bits per heavy atom.